The van der Waals surface area contributed by atoms with Crippen LogP contribution in [0.2, 0.25) is 10.0 Å². The van der Waals surface area contributed by atoms with Crippen LogP contribution in [0.25, 0.3) is 0 Å². The summed E-state index contributed by atoms with van der Waals surface area (Å²) in [7, 11) is 0. The van der Waals surface area contributed by atoms with Crippen molar-refractivity contribution in [1.29, 1.82) is 0 Å². The van der Waals surface area contributed by atoms with E-state index < -0.39 is 0 Å². The summed E-state index contributed by atoms with van der Waals surface area (Å²) in [5.41, 5.74) is 0.639. The molecule has 1 aromatic heterocycles. The predicted octanol–water partition coefficient (Wildman–Crippen LogP) is 3.34. The van der Waals surface area contributed by atoms with E-state index >= 15 is 0 Å². The Morgan fingerprint density at radius 2 is 1.89 bits per heavy atom. The van der Waals surface area contributed by atoms with Crippen molar-refractivity contribution in [2.24, 2.45) is 0 Å². The number of para-hydroxylation sites is 1. The van der Waals surface area contributed by atoms with E-state index in [1.165, 1.54) is 12.3 Å². The largest absolute Gasteiger partial charge is 0.318 e. The molecule has 0 unspecified atom stereocenters. The third-order valence-corrected chi connectivity index (χ3v) is 2.84. The Hall–Kier alpha value is -1.65. The van der Waals surface area contributed by atoms with Crippen molar-refractivity contribution in [2.45, 2.75) is 6.92 Å². The highest BCUT2D eigenvalue weighted by atomic mass is 35.5. The summed E-state index contributed by atoms with van der Waals surface area (Å²) in [5, 5.41) is 3.38. The van der Waals surface area contributed by atoms with Crippen LogP contribution in [0, 0.1) is 6.92 Å². The zero-order chi connectivity index (χ0) is 13.1. The maximum Gasteiger partial charge on any atom is 0.274 e. The van der Waals surface area contributed by atoms with E-state index in [1.54, 1.807) is 25.1 Å². The van der Waals surface area contributed by atoms with Crippen LogP contribution in [-0.4, -0.2) is 15.9 Å². The van der Waals surface area contributed by atoms with E-state index in [9.17, 15) is 4.79 Å². The second-order valence-electron chi connectivity index (χ2n) is 3.54. The standard InChI is InChI=1S/C12H9Cl2N3O/c1-7-15-6-5-10(16-7)12(18)17-11-8(13)3-2-4-9(11)14/h2-6H,1H3,(H,17,18). The molecule has 0 radical (unpaired) electrons. The van der Waals surface area contributed by atoms with Crippen LogP contribution in [0.5, 0.6) is 0 Å². The van der Waals surface area contributed by atoms with Crippen molar-refractivity contribution in [2.75, 3.05) is 5.32 Å². The molecule has 0 saturated carbocycles. The SMILES string of the molecule is Cc1nccc(C(=O)Nc2c(Cl)cccc2Cl)n1. The molecule has 1 heterocycles. The molecule has 92 valence electrons. The maximum atomic E-state index is 12.0. The Morgan fingerprint density at radius 3 is 2.50 bits per heavy atom. The molecule has 6 heteroatoms. The fraction of sp³-hybridized carbons (Fsp3) is 0.0833. The molecule has 2 aromatic rings. The van der Waals surface area contributed by atoms with Crippen molar-refractivity contribution in [3.63, 3.8) is 0 Å². The highest BCUT2D eigenvalue weighted by molar-refractivity contribution is 6.39. The fourth-order valence-electron chi connectivity index (χ4n) is 1.38. The van der Waals surface area contributed by atoms with Gasteiger partial charge in [0.25, 0.3) is 5.91 Å². The average Bonchev–Trinajstić information content (AvgIpc) is 2.34. The molecule has 4 nitrogen and oxygen atoms in total. The molecule has 0 saturated heterocycles. The molecule has 1 amide bonds. The second kappa shape index (κ2) is 5.33. The summed E-state index contributed by atoms with van der Waals surface area (Å²) in [6.45, 7) is 1.71. The number of halogens is 2. The van der Waals surface area contributed by atoms with Crippen LogP contribution in [0.3, 0.4) is 0 Å². The quantitative estimate of drug-likeness (QED) is 0.919. The van der Waals surface area contributed by atoms with Gasteiger partial charge in [-0.1, -0.05) is 29.3 Å². The van der Waals surface area contributed by atoms with Crippen LogP contribution >= 0.6 is 23.2 Å². The molecule has 0 aliphatic rings. The molecule has 0 aliphatic carbocycles. The first-order valence-electron chi connectivity index (χ1n) is 5.13. The number of amides is 1. The number of nitrogens with one attached hydrogen (secondary N) is 1. The van der Waals surface area contributed by atoms with Gasteiger partial charge in [-0.25, -0.2) is 9.97 Å². The summed E-state index contributed by atoms with van der Waals surface area (Å²) >= 11 is 11.9. The summed E-state index contributed by atoms with van der Waals surface area (Å²) < 4.78 is 0. The number of carbonyl (C=O) groups excluding carboxylic acids is 1. The van der Waals surface area contributed by atoms with E-state index in [2.05, 4.69) is 15.3 Å². The fourth-order valence-corrected chi connectivity index (χ4v) is 1.87. The average molecular weight is 282 g/mol. The van der Waals surface area contributed by atoms with Crippen LogP contribution < -0.4 is 5.32 Å². The van der Waals surface area contributed by atoms with E-state index in [0.717, 1.165) is 0 Å². The molecule has 18 heavy (non-hydrogen) atoms. The Kier molecular flexibility index (Phi) is 3.79. The van der Waals surface area contributed by atoms with Crippen LogP contribution in [0.1, 0.15) is 16.3 Å². The number of carbonyl (C=O) groups is 1. The molecular formula is C12H9Cl2N3O. The van der Waals surface area contributed by atoms with Gasteiger partial charge in [-0.3, -0.25) is 4.79 Å². The minimum absolute atomic E-state index is 0.262. The van der Waals surface area contributed by atoms with Gasteiger partial charge in [0.15, 0.2) is 0 Å². The van der Waals surface area contributed by atoms with Gasteiger partial charge in [0.05, 0.1) is 15.7 Å². The third kappa shape index (κ3) is 2.78. The number of benzene rings is 1. The zero-order valence-corrected chi connectivity index (χ0v) is 11.0. The first kappa shape index (κ1) is 12.8. The molecule has 0 spiro atoms. The first-order chi connectivity index (χ1) is 8.58. The molecular weight excluding hydrogens is 273 g/mol. The molecule has 1 N–H and O–H groups in total. The minimum Gasteiger partial charge on any atom is -0.318 e. The lowest BCUT2D eigenvalue weighted by Crippen LogP contribution is -2.15. The van der Waals surface area contributed by atoms with Gasteiger partial charge in [0.2, 0.25) is 0 Å². The number of nitrogens with zero attached hydrogens (tertiary/aromatic N) is 2. The topological polar surface area (TPSA) is 54.9 Å². The van der Waals surface area contributed by atoms with Crippen LogP contribution in [0.15, 0.2) is 30.5 Å². The van der Waals surface area contributed by atoms with Crippen molar-refractivity contribution in [3.8, 4) is 0 Å². The summed E-state index contributed by atoms with van der Waals surface area (Å²) in [4.78, 5) is 19.9. The number of hydrogen-bond acceptors (Lipinski definition) is 3. The highest BCUT2D eigenvalue weighted by Gasteiger charge is 2.12. The number of aromatic nitrogens is 2. The van der Waals surface area contributed by atoms with Crippen molar-refractivity contribution in [3.05, 3.63) is 52.0 Å². The van der Waals surface area contributed by atoms with Gasteiger partial charge in [-0.2, -0.15) is 0 Å². The lowest BCUT2D eigenvalue weighted by molar-refractivity contribution is 0.102. The van der Waals surface area contributed by atoms with Gasteiger partial charge in [0.1, 0.15) is 11.5 Å². The summed E-state index contributed by atoms with van der Waals surface area (Å²) in [6.07, 6.45) is 1.52. The lowest BCUT2D eigenvalue weighted by atomic mass is 10.3. The smallest absolute Gasteiger partial charge is 0.274 e. The van der Waals surface area contributed by atoms with Gasteiger partial charge < -0.3 is 5.32 Å². The first-order valence-corrected chi connectivity index (χ1v) is 5.88. The van der Waals surface area contributed by atoms with E-state index in [4.69, 9.17) is 23.2 Å². The lowest BCUT2D eigenvalue weighted by Gasteiger charge is -2.08. The summed E-state index contributed by atoms with van der Waals surface area (Å²) in [6, 6.07) is 6.52. The Bertz CT molecular complexity index is 581. The van der Waals surface area contributed by atoms with E-state index in [0.29, 0.717) is 21.6 Å². The molecule has 0 fully saturated rings. The molecule has 0 bridgehead atoms. The van der Waals surface area contributed by atoms with Crippen molar-refractivity contribution < 1.29 is 4.79 Å². The molecule has 0 aliphatic heterocycles. The Morgan fingerprint density at radius 1 is 1.22 bits per heavy atom. The van der Waals surface area contributed by atoms with Gasteiger partial charge in [-0.15, -0.1) is 0 Å². The Balaban J connectivity index is 2.27. The van der Waals surface area contributed by atoms with Gasteiger partial charge >= 0.3 is 0 Å². The van der Waals surface area contributed by atoms with Gasteiger partial charge in [0, 0.05) is 6.20 Å². The van der Waals surface area contributed by atoms with Crippen LogP contribution in [0.4, 0.5) is 5.69 Å². The van der Waals surface area contributed by atoms with Crippen LogP contribution in [-0.2, 0) is 0 Å². The number of aryl methyl sites for hydroxylation is 1. The number of anilines is 1. The minimum atomic E-state index is -0.379. The monoisotopic (exact) mass is 281 g/mol. The third-order valence-electron chi connectivity index (χ3n) is 2.21. The van der Waals surface area contributed by atoms with E-state index in [-0.39, 0.29) is 11.6 Å². The molecule has 1 aromatic carbocycles. The maximum absolute atomic E-state index is 12.0. The molecule has 0 atom stereocenters. The Labute approximate surface area is 114 Å². The zero-order valence-electron chi connectivity index (χ0n) is 9.45. The highest BCUT2D eigenvalue weighted by Crippen LogP contribution is 2.29. The van der Waals surface area contributed by atoms with Crippen molar-refractivity contribution in [1.82, 2.24) is 9.97 Å². The number of rotatable bonds is 2. The molecule has 2 rings (SSSR count). The number of hydrogen-bond donors (Lipinski definition) is 1. The normalized spacial score (nSPS) is 10.2. The van der Waals surface area contributed by atoms with E-state index in [1.807, 2.05) is 0 Å². The van der Waals surface area contributed by atoms with Crippen molar-refractivity contribution >= 4 is 34.8 Å². The summed E-state index contributed by atoms with van der Waals surface area (Å²) in [5.74, 6) is 0.142. The van der Waals surface area contributed by atoms with Gasteiger partial charge in [-0.05, 0) is 25.1 Å². The predicted molar refractivity (Wildman–Crippen MR) is 71.2 cm³/mol. The second-order valence-corrected chi connectivity index (χ2v) is 4.35.